The van der Waals surface area contributed by atoms with Gasteiger partial charge in [-0.25, -0.2) is 9.37 Å². The molecule has 216 valence electrons. The van der Waals surface area contributed by atoms with Crippen molar-refractivity contribution in [3.05, 3.63) is 81.6 Å². The molecule has 1 amide bonds. The molecular weight excluding hydrogens is 561 g/mol. The summed E-state index contributed by atoms with van der Waals surface area (Å²) in [6.07, 6.45) is 2.98. The van der Waals surface area contributed by atoms with Crippen LogP contribution in [0.4, 0.5) is 10.1 Å². The number of phenolic OH excluding ortho intramolecular Hbond substituents is 1. The van der Waals surface area contributed by atoms with Crippen molar-refractivity contribution in [1.29, 1.82) is 0 Å². The number of ether oxygens (including phenoxy) is 1. The van der Waals surface area contributed by atoms with E-state index in [0.717, 1.165) is 5.56 Å². The van der Waals surface area contributed by atoms with Crippen molar-refractivity contribution in [2.75, 3.05) is 31.1 Å². The Hall–Kier alpha value is -4.44. The number of hydrogen-bond acceptors (Lipinski definition) is 7. The topological polar surface area (TPSA) is 101 Å². The van der Waals surface area contributed by atoms with Crippen molar-refractivity contribution in [1.82, 2.24) is 19.4 Å². The lowest BCUT2D eigenvalue weighted by Crippen LogP contribution is -2.58. The number of halogens is 2. The van der Waals surface area contributed by atoms with Gasteiger partial charge in [0.2, 0.25) is 11.7 Å². The number of aryl methyl sites for hydroxylation is 1. The molecule has 0 spiro atoms. The molecule has 42 heavy (non-hydrogen) atoms. The molecule has 1 aromatic carbocycles. The molecule has 0 bridgehead atoms. The number of amides is 1. The molecule has 1 fully saturated rings. The van der Waals surface area contributed by atoms with Crippen LogP contribution in [-0.4, -0.2) is 62.7 Å². The molecule has 9 nitrogen and oxygen atoms in total. The van der Waals surface area contributed by atoms with Gasteiger partial charge in [-0.3, -0.25) is 19.1 Å². The van der Waals surface area contributed by atoms with Crippen LogP contribution in [0.15, 0.2) is 54.0 Å². The summed E-state index contributed by atoms with van der Waals surface area (Å²) in [5.41, 5.74) is 2.12. The Morgan fingerprint density at radius 1 is 1.26 bits per heavy atom. The highest BCUT2D eigenvalue weighted by Gasteiger charge is 2.38. The van der Waals surface area contributed by atoms with E-state index < -0.39 is 11.4 Å². The zero-order chi connectivity index (χ0) is 29.9. The predicted octanol–water partition coefficient (Wildman–Crippen LogP) is 4.97. The van der Waals surface area contributed by atoms with Crippen LogP contribution in [0, 0.1) is 12.7 Å². The van der Waals surface area contributed by atoms with Crippen molar-refractivity contribution >= 4 is 34.2 Å². The molecule has 1 saturated heterocycles. The van der Waals surface area contributed by atoms with Gasteiger partial charge in [0.1, 0.15) is 18.2 Å². The Bertz CT molecular complexity index is 1820. The lowest BCUT2D eigenvalue weighted by Gasteiger charge is -2.45. The average Bonchev–Trinajstić information content (AvgIpc) is 2.97. The molecule has 0 aliphatic carbocycles. The highest BCUT2D eigenvalue weighted by molar-refractivity contribution is 6.34. The number of piperazine rings is 1. The van der Waals surface area contributed by atoms with E-state index in [1.54, 1.807) is 17.2 Å². The Labute approximate surface area is 246 Å². The molecule has 1 N–H and O–H groups in total. The van der Waals surface area contributed by atoms with Crippen LogP contribution < -0.4 is 15.2 Å². The van der Waals surface area contributed by atoms with Gasteiger partial charge in [0.15, 0.2) is 5.65 Å². The first kappa shape index (κ1) is 27.7. The molecule has 11 heteroatoms. The molecular formula is C31H29ClFN5O4. The molecule has 1 atom stereocenters. The van der Waals surface area contributed by atoms with E-state index in [4.69, 9.17) is 21.3 Å². The lowest BCUT2D eigenvalue weighted by molar-refractivity contribution is -0.127. The van der Waals surface area contributed by atoms with Gasteiger partial charge in [-0.2, -0.15) is 0 Å². The summed E-state index contributed by atoms with van der Waals surface area (Å²) in [6.45, 7) is 10.9. The maximum Gasteiger partial charge on any atom is 0.301 e. The summed E-state index contributed by atoms with van der Waals surface area (Å²) < 4.78 is 22.7. The molecule has 4 aromatic rings. The van der Waals surface area contributed by atoms with Gasteiger partial charge in [0.05, 0.1) is 39.4 Å². The fourth-order valence-electron chi connectivity index (χ4n) is 5.88. The summed E-state index contributed by atoms with van der Waals surface area (Å²) in [5, 5.41) is 11.2. The first-order valence-electron chi connectivity index (χ1n) is 13.7. The Kier molecular flexibility index (Phi) is 6.89. The highest BCUT2D eigenvalue weighted by atomic mass is 35.5. The predicted molar refractivity (Wildman–Crippen MR) is 159 cm³/mol. The third kappa shape index (κ3) is 4.28. The zero-order valence-corrected chi connectivity index (χ0v) is 24.2. The van der Waals surface area contributed by atoms with Crippen LogP contribution in [-0.2, 0) is 4.79 Å². The van der Waals surface area contributed by atoms with E-state index >= 15 is 4.39 Å². The molecule has 0 unspecified atom stereocenters. The van der Waals surface area contributed by atoms with Crippen LogP contribution >= 0.6 is 11.6 Å². The fourth-order valence-corrected chi connectivity index (χ4v) is 6.12. The second kappa shape index (κ2) is 10.4. The molecule has 5 heterocycles. The summed E-state index contributed by atoms with van der Waals surface area (Å²) in [6, 6.07) is 7.16. The minimum Gasteiger partial charge on any atom is -0.507 e. The van der Waals surface area contributed by atoms with Crippen molar-refractivity contribution in [3.63, 3.8) is 0 Å². The summed E-state index contributed by atoms with van der Waals surface area (Å²) >= 11 is 6.77. The lowest BCUT2D eigenvalue weighted by atomic mass is 10.0. The number of nitrogens with zero attached hydrogens (tertiary/aromatic N) is 5. The van der Waals surface area contributed by atoms with Crippen LogP contribution in [0.25, 0.3) is 28.0 Å². The van der Waals surface area contributed by atoms with E-state index in [-0.39, 0.29) is 57.9 Å². The number of aromatic nitrogens is 3. The molecule has 0 saturated carbocycles. The third-order valence-corrected chi connectivity index (χ3v) is 8.15. The van der Waals surface area contributed by atoms with Gasteiger partial charge in [-0.15, -0.1) is 0 Å². The number of carbonyl (C=O) groups is 1. The number of fused-ring (bicyclic) bond motifs is 5. The van der Waals surface area contributed by atoms with Gasteiger partial charge in [0.25, 0.3) is 0 Å². The van der Waals surface area contributed by atoms with E-state index in [1.807, 2.05) is 26.8 Å². The second-order valence-corrected chi connectivity index (χ2v) is 11.2. The summed E-state index contributed by atoms with van der Waals surface area (Å²) in [7, 11) is 0. The van der Waals surface area contributed by atoms with Crippen LogP contribution in [0.1, 0.15) is 31.0 Å². The van der Waals surface area contributed by atoms with Crippen molar-refractivity contribution in [2.45, 2.75) is 32.7 Å². The third-order valence-electron chi connectivity index (χ3n) is 7.86. The second-order valence-electron chi connectivity index (χ2n) is 10.8. The monoisotopic (exact) mass is 589 g/mol. The number of anilines is 1. The van der Waals surface area contributed by atoms with Crippen molar-refractivity contribution in [3.8, 4) is 28.4 Å². The van der Waals surface area contributed by atoms with E-state index in [1.165, 1.54) is 28.8 Å². The number of rotatable bonds is 4. The first-order chi connectivity index (χ1) is 20.1. The van der Waals surface area contributed by atoms with Gasteiger partial charge in [0, 0.05) is 31.2 Å². The minimum absolute atomic E-state index is 0.00446. The zero-order valence-electron chi connectivity index (χ0n) is 23.4. The quantitative estimate of drug-likeness (QED) is 0.335. The molecule has 0 radical (unpaired) electrons. The fraction of sp³-hybridized carbons (Fsp3) is 0.290. The number of benzene rings is 1. The highest BCUT2D eigenvalue weighted by Crippen LogP contribution is 2.44. The standard InChI is InChI=1S/C31H29ClFN5O4/c1-5-23(40)36-11-12-37-18(14-36)15-42-29-28(37)19-13-20(32)26(24-21(33)7-6-8-22(24)39)35-30(19)38(31(29)41)27-17(4)9-10-34-25(27)16(2)3/h5-10,13,16,18,39H,1,11-12,14-15H2,2-4H3/t18-/m1/s1. The molecule has 2 aliphatic heterocycles. The number of aromatic hydroxyl groups is 1. The largest absolute Gasteiger partial charge is 0.507 e. The van der Waals surface area contributed by atoms with E-state index in [9.17, 15) is 14.7 Å². The van der Waals surface area contributed by atoms with Crippen molar-refractivity contribution in [2.24, 2.45) is 0 Å². The van der Waals surface area contributed by atoms with Crippen LogP contribution in [0.2, 0.25) is 5.02 Å². The SMILES string of the molecule is C=CC(=O)N1CCN2c3c(c(=O)n(-c4c(C)ccnc4C(C)C)c4nc(-c5c(O)cccc5F)c(Cl)cc34)OC[C@H]2C1. The smallest absolute Gasteiger partial charge is 0.301 e. The van der Waals surface area contributed by atoms with Crippen LogP contribution in [0.5, 0.6) is 11.5 Å². The van der Waals surface area contributed by atoms with Crippen LogP contribution in [0.3, 0.4) is 0 Å². The normalized spacial score (nSPS) is 16.3. The number of carbonyl (C=O) groups excluding carboxylic acids is 1. The Morgan fingerprint density at radius 2 is 2.05 bits per heavy atom. The van der Waals surface area contributed by atoms with Gasteiger partial charge >= 0.3 is 5.56 Å². The van der Waals surface area contributed by atoms with Gasteiger partial charge < -0.3 is 19.6 Å². The Balaban J connectivity index is 1.69. The summed E-state index contributed by atoms with van der Waals surface area (Å²) in [5.74, 6) is -1.11. The Morgan fingerprint density at radius 3 is 2.76 bits per heavy atom. The van der Waals surface area contributed by atoms with E-state index in [2.05, 4.69) is 16.5 Å². The number of pyridine rings is 3. The van der Waals surface area contributed by atoms with E-state index in [0.29, 0.717) is 42.1 Å². The number of phenols is 1. The molecule has 6 rings (SSSR count). The van der Waals surface area contributed by atoms with Gasteiger partial charge in [-0.05, 0) is 48.7 Å². The number of hydrogen-bond donors (Lipinski definition) is 1. The maximum absolute atomic E-state index is 15.1. The van der Waals surface area contributed by atoms with Gasteiger partial charge in [-0.1, -0.05) is 38.1 Å². The maximum atomic E-state index is 15.1. The minimum atomic E-state index is -0.706. The average molecular weight is 590 g/mol. The van der Waals surface area contributed by atoms with Crippen molar-refractivity contribution < 1.29 is 19.0 Å². The summed E-state index contributed by atoms with van der Waals surface area (Å²) in [4.78, 5) is 39.9. The molecule has 3 aromatic heterocycles. The first-order valence-corrected chi connectivity index (χ1v) is 14.0. The molecule has 2 aliphatic rings.